The Balaban J connectivity index is 1.68. The highest BCUT2D eigenvalue weighted by molar-refractivity contribution is 6.21. The van der Waals surface area contributed by atoms with Crippen LogP contribution in [0.3, 0.4) is 0 Å². The molecule has 6 heteroatoms. The largest absolute Gasteiger partial charge is 0.321 e. The van der Waals surface area contributed by atoms with Crippen molar-refractivity contribution in [3.05, 3.63) is 54.4 Å². The Labute approximate surface area is 152 Å². The fourth-order valence-electron chi connectivity index (χ4n) is 3.03. The fraction of sp³-hybridized carbons (Fsp3) is 0.300. The lowest BCUT2D eigenvalue weighted by Crippen LogP contribution is -2.30. The third-order valence-electron chi connectivity index (χ3n) is 4.43. The summed E-state index contributed by atoms with van der Waals surface area (Å²) < 4.78 is 0. The van der Waals surface area contributed by atoms with Crippen LogP contribution in [0.1, 0.15) is 43.1 Å². The molecule has 0 bridgehead atoms. The zero-order chi connectivity index (χ0) is 18.5. The molecule has 3 amide bonds. The zero-order valence-electron chi connectivity index (χ0n) is 14.6. The van der Waals surface area contributed by atoms with Gasteiger partial charge in [0.05, 0.1) is 5.69 Å². The van der Waals surface area contributed by atoms with Crippen molar-refractivity contribution in [2.45, 2.75) is 32.6 Å². The number of carbonyl (C=O) groups excluding carboxylic acids is 3. The van der Waals surface area contributed by atoms with E-state index < -0.39 is 0 Å². The minimum absolute atomic E-state index is 0.131. The van der Waals surface area contributed by atoms with E-state index in [0.717, 1.165) is 19.3 Å². The molecular formula is C20H21N3O3. The first kappa shape index (κ1) is 17.8. The highest BCUT2D eigenvalue weighted by atomic mass is 16.2. The SMILES string of the molecule is CCCCC1CC(=O)N(c2ccc(NC(=O)c3ccccn3)cc2)C1=O. The molecular weight excluding hydrogens is 330 g/mol. The van der Waals surface area contributed by atoms with Crippen LogP contribution in [0.2, 0.25) is 0 Å². The Morgan fingerprint density at radius 1 is 1.19 bits per heavy atom. The molecule has 2 heterocycles. The molecule has 1 unspecified atom stereocenters. The first-order valence-corrected chi connectivity index (χ1v) is 8.79. The van der Waals surface area contributed by atoms with Gasteiger partial charge in [0.15, 0.2) is 0 Å². The topological polar surface area (TPSA) is 79.4 Å². The van der Waals surface area contributed by atoms with Gasteiger partial charge in [0, 0.05) is 24.2 Å². The number of rotatable bonds is 6. The van der Waals surface area contributed by atoms with Gasteiger partial charge in [-0.25, -0.2) is 0 Å². The summed E-state index contributed by atoms with van der Waals surface area (Å²) in [6.45, 7) is 2.07. The summed E-state index contributed by atoms with van der Waals surface area (Å²) in [6, 6.07) is 11.8. The number of nitrogens with zero attached hydrogens (tertiary/aromatic N) is 2. The third kappa shape index (κ3) is 3.79. The predicted molar refractivity (Wildman–Crippen MR) is 98.8 cm³/mol. The number of nitrogens with one attached hydrogen (secondary N) is 1. The summed E-state index contributed by atoms with van der Waals surface area (Å²) in [5, 5.41) is 2.75. The van der Waals surface area contributed by atoms with E-state index in [9.17, 15) is 14.4 Å². The number of hydrogen-bond acceptors (Lipinski definition) is 4. The molecule has 26 heavy (non-hydrogen) atoms. The molecule has 1 N–H and O–H groups in total. The number of aromatic nitrogens is 1. The van der Waals surface area contributed by atoms with Crippen LogP contribution in [0.5, 0.6) is 0 Å². The third-order valence-corrected chi connectivity index (χ3v) is 4.43. The van der Waals surface area contributed by atoms with Crippen LogP contribution in [-0.2, 0) is 9.59 Å². The molecule has 1 aliphatic rings. The number of benzene rings is 1. The van der Waals surface area contributed by atoms with Gasteiger partial charge in [-0.3, -0.25) is 24.3 Å². The molecule has 3 rings (SSSR count). The van der Waals surface area contributed by atoms with Crippen molar-refractivity contribution < 1.29 is 14.4 Å². The van der Waals surface area contributed by atoms with Crippen molar-refractivity contribution >= 4 is 29.1 Å². The highest BCUT2D eigenvalue weighted by Crippen LogP contribution is 2.30. The second kappa shape index (κ2) is 7.91. The fourth-order valence-corrected chi connectivity index (χ4v) is 3.03. The van der Waals surface area contributed by atoms with Crippen molar-refractivity contribution in [1.82, 2.24) is 4.98 Å². The maximum Gasteiger partial charge on any atom is 0.274 e. The maximum absolute atomic E-state index is 12.5. The molecule has 2 aromatic rings. The van der Waals surface area contributed by atoms with E-state index in [-0.39, 0.29) is 30.1 Å². The van der Waals surface area contributed by atoms with Crippen LogP contribution < -0.4 is 10.2 Å². The Morgan fingerprint density at radius 2 is 1.96 bits per heavy atom. The van der Waals surface area contributed by atoms with Crippen LogP contribution >= 0.6 is 0 Å². The maximum atomic E-state index is 12.5. The van der Waals surface area contributed by atoms with Crippen LogP contribution in [0.15, 0.2) is 48.7 Å². The molecule has 0 spiro atoms. The summed E-state index contributed by atoms with van der Waals surface area (Å²) in [6.07, 6.45) is 4.52. The summed E-state index contributed by atoms with van der Waals surface area (Å²) in [5.41, 5.74) is 1.43. The lowest BCUT2D eigenvalue weighted by Gasteiger charge is -2.15. The van der Waals surface area contributed by atoms with Gasteiger partial charge in [0.2, 0.25) is 11.8 Å². The van der Waals surface area contributed by atoms with Crippen LogP contribution in [0.25, 0.3) is 0 Å². The van der Waals surface area contributed by atoms with Crippen molar-refractivity contribution in [2.24, 2.45) is 5.92 Å². The summed E-state index contributed by atoms with van der Waals surface area (Å²) in [7, 11) is 0. The predicted octanol–water partition coefficient (Wildman–Crippen LogP) is 3.40. The number of hydrogen-bond donors (Lipinski definition) is 1. The van der Waals surface area contributed by atoms with Gasteiger partial charge in [-0.15, -0.1) is 0 Å². The van der Waals surface area contributed by atoms with Crippen LogP contribution in [0, 0.1) is 5.92 Å². The van der Waals surface area contributed by atoms with Gasteiger partial charge in [0.25, 0.3) is 5.91 Å². The quantitative estimate of drug-likeness (QED) is 0.809. The second-order valence-corrected chi connectivity index (χ2v) is 6.33. The molecule has 1 fully saturated rings. The minimum Gasteiger partial charge on any atom is -0.321 e. The number of carbonyl (C=O) groups is 3. The molecule has 1 aromatic heterocycles. The van der Waals surface area contributed by atoms with Crippen molar-refractivity contribution in [1.29, 1.82) is 0 Å². The molecule has 0 radical (unpaired) electrons. The number of unbranched alkanes of at least 4 members (excludes halogenated alkanes) is 1. The van der Waals surface area contributed by atoms with Crippen LogP contribution in [0.4, 0.5) is 11.4 Å². The van der Waals surface area contributed by atoms with E-state index in [4.69, 9.17) is 0 Å². The molecule has 0 saturated carbocycles. The van der Waals surface area contributed by atoms with E-state index in [1.807, 2.05) is 0 Å². The lowest BCUT2D eigenvalue weighted by atomic mass is 10.0. The highest BCUT2D eigenvalue weighted by Gasteiger charge is 2.38. The van der Waals surface area contributed by atoms with Crippen LogP contribution in [-0.4, -0.2) is 22.7 Å². The zero-order valence-corrected chi connectivity index (χ0v) is 14.6. The van der Waals surface area contributed by atoms with Crippen molar-refractivity contribution in [3.63, 3.8) is 0 Å². The van der Waals surface area contributed by atoms with Gasteiger partial charge in [0.1, 0.15) is 5.69 Å². The standard InChI is InChI=1S/C20H21N3O3/c1-2-3-6-14-13-18(24)23(20(14)26)16-10-8-15(9-11-16)22-19(25)17-7-4-5-12-21-17/h4-5,7-12,14H,2-3,6,13H2,1H3,(H,22,25). The minimum atomic E-state index is -0.314. The van der Waals surface area contributed by atoms with Gasteiger partial charge < -0.3 is 5.32 Å². The van der Waals surface area contributed by atoms with Crippen molar-refractivity contribution in [3.8, 4) is 0 Å². The Hall–Kier alpha value is -3.02. The number of anilines is 2. The molecule has 0 aliphatic carbocycles. The van der Waals surface area contributed by atoms with E-state index in [1.165, 1.54) is 4.90 Å². The average molecular weight is 351 g/mol. The number of amides is 3. The lowest BCUT2D eigenvalue weighted by molar-refractivity contribution is -0.122. The van der Waals surface area contributed by atoms with Crippen molar-refractivity contribution in [2.75, 3.05) is 10.2 Å². The summed E-state index contributed by atoms with van der Waals surface area (Å²) >= 11 is 0. The first-order chi connectivity index (χ1) is 12.6. The number of imide groups is 1. The average Bonchev–Trinajstić information content (AvgIpc) is 2.95. The Morgan fingerprint density at radius 3 is 2.62 bits per heavy atom. The Kier molecular flexibility index (Phi) is 5.41. The molecule has 1 aliphatic heterocycles. The summed E-state index contributed by atoms with van der Waals surface area (Å²) in [5.74, 6) is -0.826. The molecule has 1 aromatic carbocycles. The monoisotopic (exact) mass is 351 g/mol. The Bertz CT molecular complexity index is 803. The normalized spacial score (nSPS) is 16.8. The first-order valence-electron chi connectivity index (χ1n) is 8.79. The summed E-state index contributed by atoms with van der Waals surface area (Å²) in [4.78, 5) is 42.1. The van der Waals surface area contributed by atoms with E-state index in [2.05, 4.69) is 17.2 Å². The second-order valence-electron chi connectivity index (χ2n) is 6.33. The van der Waals surface area contributed by atoms with Gasteiger partial charge in [-0.2, -0.15) is 0 Å². The molecule has 134 valence electrons. The van der Waals surface area contributed by atoms with Gasteiger partial charge >= 0.3 is 0 Å². The molecule has 6 nitrogen and oxygen atoms in total. The number of pyridine rings is 1. The molecule has 1 atom stereocenters. The van der Waals surface area contributed by atoms with Gasteiger partial charge in [-0.05, 0) is 42.8 Å². The van der Waals surface area contributed by atoms with E-state index in [0.29, 0.717) is 17.1 Å². The van der Waals surface area contributed by atoms with E-state index >= 15 is 0 Å². The smallest absolute Gasteiger partial charge is 0.274 e. The molecule has 1 saturated heterocycles. The van der Waals surface area contributed by atoms with Gasteiger partial charge in [-0.1, -0.05) is 25.8 Å². The van der Waals surface area contributed by atoms with E-state index in [1.54, 1.807) is 48.7 Å².